The first-order valence-electron chi connectivity index (χ1n) is 4.24. The molecule has 14 heavy (non-hydrogen) atoms. The van der Waals surface area contributed by atoms with E-state index in [1.54, 1.807) is 6.20 Å². The molecule has 1 aromatic rings. The third kappa shape index (κ3) is 0.930. The summed E-state index contributed by atoms with van der Waals surface area (Å²) in [6, 6.07) is 7.95. The lowest BCUT2D eigenvalue weighted by Gasteiger charge is -2.04. The van der Waals surface area contributed by atoms with E-state index in [2.05, 4.69) is 15.2 Å². The summed E-state index contributed by atoms with van der Waals surface area (Å²) in [5.41, 5.74) is 2.72. The number of nitrogens with one attached hydrogen (secondary N) is 1. The Kier molecular flexibility index (Phi) is 1.49. The molecule has 0 atom stereocenters. The molecule has 4 heteroatoms. The number of halogens is 1. The zero-order valence-corrected chi connectivity index (χ0v) is 7.92. The zero-order valence-electron chi connectivity index (χ0n) is 7.16. The lowest BCUT2D eigenvalue weighted by atomic mass is 10.1. The van der Waals surface area contributed by atoms with Gasteiger partial charge >= 0.3 is 0 Å². The van der Waals surface area contributed by atoms with Crippen LogP contribution in [0.1, 0.15) is 0 Å². The van der Waals surface area contributed by atoms with Gasteiger partial charge in [-0.2, -0.15) is 5.10 Å². The molecule has 2 aliphatic heterocycles. The van der Waals surface area contributed by atoms with Crippen molar-refractivity contribution in [3.05, 3.63) is 35.6 Å². The Hall–Kier alpha value is -1.61. The van der Waals surface area contributed by atoms with Crippen molar-refractivity contribution in [2.75, 3.05) is 0 Å². The summed E-state index contributed by atoms with van der Waals surface area (Å²) < 4.78 is 0. The maximum atomic E-state index is 6.02. The lowest BCUT2D eigenvalue weighted by Crippen LogP contribution is -1.87. The molecule has 0 aliphatic carbocycles. The first-order valence-corrected chi connectivity index (χ1v) is 4.61. The summed E-state index contributed by atoms with van der Waals surface area (Å²) in [7, 11) is 0. The van der Waals surface area contributed by atoms with Crippen molar-refractivity contribution in [2.45, 2.75) is 0 Å². The number of H-pyrrole nitrogens is 1. The Bertz CT molecular complexity index is 573. The molecule has 0 unspecified atom stereocenters. The predicted molar refractivity (Wildman–Crippen MR) is 55.5 cm³/mol. The second-order valence-corrected chi connectivity index (χ2v) is 3.47. The maximum Gasteiger partial charge on any atom is 0.135 e. The van der Waals surface area contributed by atoms with Gasteiger partial charge in [0.15, 0.2) is 0 Å². The Morgan fingerprint density at radius 1 is 1.21 bits per heavy atom. The predicted octanol–water partition coefficient (Wildman–Crippen LogP) is 2.72. The van der Waals surface area contributed by atoms with E-state index >= 15 is 0 Å². The van der Waals surface area contributed by atoms with Crippen molar-refractivity contribution >= 4 is 22.5 Å². The molecule has 3 rings (SSSR count). The molecular formula is C10H6ClN3. The van der Waals surface area contributed by atoms with E-state index in [0.717, 1.165) is 22.2 Å². The molecular weight excluding hydrogens is 198 g/mol. The molecule has 0 radical (unpaired) electrons. The number of hydrogen-bond acceptors (Lipinski definition) is 2. The number of nitrogens with zero attached hydrogens (tertiary/aromatic N) is 2. The highest BCUT2D eigenvalue weighted by Crippen LogP contribution is 2.32. The Balaban J connectivity index is 2.58. The van der Waals surface area contributed by atoms with Gasteiger partial charge in [-0.15, -0.1) is 5.10 Å². The molecule has 0 amide bonds. The van der Waals surface area contributed by atoms with Crippen LogP contribution < -0.4 is 0 Å². The minimum absolute atomic E-state index is 0.538. The molecule has 2 heterocycles. The number of pyridine rings is 1. The smallest absolute Gasteiger partial charge is 0.135 e. The van der Waals surface area contributed by atoms with Gasteiger partial charge in [0.25, 0.3) is 0 Å². The van der Waals surface area contributed by atoms with E-state index < -0.39 is 0 Å². The topological polar surface area (TPSA) is 41.6 Å². The van der Waals surface area contributed by atoms with Gasteiger partial charge in [-0.1, -0.05) is 29.8 Å². The Morgan fingerprint density at radius 3 is 3.00 bits per heavy atom. The van der Waals surface area contributed by atoms with Crippen LogP contribution in [-0.2, 0) is 0 Å². The lowest BCUT2D eigenvalue weighted by molar-refractivity contribution is 1.10. The summed E-state index contributed by atoms with van der Waals surface area (Å²) in [6.45, 7) is 0. The second kappa shape index (κ2) is 2.69. The molecule has 2 aliphatic rings. The van der Waals surface area contributed by atoms with Crippen LogP contribution in [0.4, 0.5) is 0 Å². The normalized spacial score (nSPS) is 11.2. The van der Waals surface area contributed by atoms with E-state index in [4.69, 9.17) is 11.6 Å². The number of rotatable bonds is 0. The number of benzene rings is 1. The van der Waals surface area contributed by atoms with Gasteiger partial charge in [0.2, 0.25) is 0 Å². The van der Waals surface area contributed by atoms with Crippen molar-refractivity contribution in [2.24, 2.45) is 0 Å². The van der Waals surface area contributed by atoms with Gasteiger partial charge in [0.1, 0.15) is 10.8 Å². The molecule has 0 aromatic heterocycles. The first-order chi connectivity index (χ1) is 6.86. The molecule has 0 spiro atoms. The molecule has 0 bridgehead atoms. The fourth-order valence-corrected chi connectivity index (χ4v) is 1.86. The number of hydrogen-bond donors (Lipinski definition) is 1. The third-order valence-corrected chi connectivity index (χ3v) is 2.54. The van der Waals surface area contributed by atoms with Crippen molar-refractivity contribution in [3.63, 3.8) is 0 Å². The fraction of sp³-hybridized carbons (Fsp3) is 0. The Labute approximate surface area is 85.1 Å². The minimum atomic E-state index is 0.538. The monoisotopic (exact) mass is 203 g/mol. The summed E-state index contributed by atoms with van der Waals surface area (Å²) >= 11 is 6.02. The van der Waals surface area contributed by atoms with Crippen molar-refractivity contribution in [1.82, 2.24) is 15.2 Å². The number of fused-ring (bicyclic) bond motifs is 3. The van der Waals surface area contributed by atoms with Gasteiger partial charge in [-0.3, -0.25) is 0 Å². The van der Waals surface area contributed by atoms with Crippen LogP contribution in [0.2, 0.25) is 5.15 Å². The third-order valence-electron chi connectivity index (χ3n) is 2.27. The van der Waals surface area contributed by atoms with E-state index in [1.165, 1.54) is 0 Å². The van der Waals surface area contributed by atoms with Crippen molar-refractivity contribution < 1.29 is 0 Å². The molecule has 1 aromatic carbocycles. The quantitative estimate of drug-likeness (QED) is 0.571. The molecule has 1 N–H and O–H groups in total. The summed E-state index contributed by atoms with van der Waals surface area (Å²) in [5, 5.41) is 9.45. The van der Waals surface area contributed by atoms with E-state index in [0.29, 0.717) is 5.15 Å². The summed E-state index contributed by atoms with van der Waals surface area (Å²) in [4.78, 5) is 3.08. The van der Waals surface area contributed by atoms with Crippen LogP contribution in [0.25, 0.3) is 22.2 Å². The van der Waals surface area contributed by atoms with Crippen molar-refractivity contribution in [3.8, 4) is 11.3 Å². The van der Waals surface area contributed by atoms with E-state index in [9.17, 15) is 0 Å². The van der Waals surface area contributed by atoms with Crippen LogP contribution in [0.15, 0.2) is 30.5 Å². The van der Waals surface area contributed by atoms with Crippen LogP contribution in [-0.4, -0.2) is 15.2 Å². The average Bonchev–Trinajstić information content (AvgIpc) is 2.67. The highest BCUT2D eigenvalue weighted by Gasteiger charge is 2.13. The van der Waals surface area contributed by atoms with Crippen LogP contribution in [0, 0.1) is 0 Å². The second-order valence-electron chi connectivity index (χ2n) is 3.09. The Morgan fingerprint density at radius 2 is 2.07 bits per heavy atom. The highest BCUT2D eigenvalue weighted by molar-refractivity contribution is 6.32. The van der Waals surface area contributed by atoms with E-state index in [-0.39, 0.29) is 0 Å². The highest BCUT2D eigenvalue weighted by atomic mass is 35.5. The summed E-state index contributed by atoms with van der Waals surface area (Å²) in [5.74, 6) is 0. The van der Waals surface area contributed by atoms with E-state index in [1.807, 2.05) is 24.3 Å². The number of aromatic nitrogens is 3. The minimum Gasteiger partial charge on any atom is -0.344 e. The van der Waals surface area contributed by atoms with Gasteiger partial charge in [0, 0.05) is 16.5 Å². The van der Waals surface area contributed by atoms with Gasteiger partial charge in [-0.05, 0) is 6.07 Å². The van der Waals surface area contributed by atoms with Gasteiger partial charge in [-0.25, -0.2) is 0 Å². The molecule has 0 fully saturated rings. The first kappa shape index (κ1) is 7.76. The molecule has 0 saturated carbocycles. The largest absolute Gasteiger partial charge is 0.344 e. The molecule has 68 valence electrons. The standard InChI is InChI=1S/C10H6ClN3/c11-10-9-7(5-12-14-9)6-3-1-2-4-8(6)13-10/h1-5,13H. The molecule has 0 saturated heterocycles. The van der Waals surface area contributed by atoms with Crippen LogP contribution in [0.3, 0.4) is 0 Å². The van der Waals surface area contributed by atoms with Crippen LogP contribution >= 0.6 is 11.6 Å². The SMILES string of the molecule is Clc1[nH]c2ccccc2c2cnnc1-2. The van der Waals surface area contributed by atoms with Gasteiger partial charge < -0.3 is 4.98 Å². The average molecular weight is 204 g/mol. The van der Waals surface area contributed by atoms with Gasteiger partial charge in [0.05, 0.1) is 6.20 Å². The number of para-hydroxylation sites is 1. The fourth-order valence-electron chi connectivity index (χ4n) is 1.62. The molecule has 3 nitrogen and oxygen atoms in total. The number of aromatic amines is 1. The zero-order chi connectivity index (χ0) is 9.54. The summed E-state index contributed by atoms with van der Waals surface area (Å²) in [6.07, 6.45) is 1.73. The van der Waals surface area contributed by atoms with Crippen LogP contribution in [0.5, 0.6) is 0 Å². The maximum absolute atomic E-state index is 6.02. The van der Waals surface area contributed by atoms with Crippen molar-refractivity contribution in [1.29, 1.82) is 0 Å².